The third-order valence-corrected chi connectivity index (χ3v) is 4.02. The Bertz CT molecular complexity index is 324. The first-order valence-corrected chi connectivity index (χ1v) is 7.89. The summed E-state index contributed by atoms with van der Waals surface area (Å²) in [6.07, 6.45) is 4.47. The van der Waals surface area contributed by atoms with Crippen LogP contribution in [-0.2, 0) is 4.74 Å². The van der Waals surface area contributed by atoms with Crippen LogP contribution >= 0.6 is 0 Å². The van der Waals surface area contributed by atoms with Crippen molar-refractivity contribution in [2.75, 3.05) is 20.2 Å². The molecule has 1 rings (SSSR count). The molecular formula is C16H31N3O. The minimum Gasteiger partial charge on any atom is -0.377 e. The van der Waals surface area contributed by atoms with Gasteiger partial charge in [-0.3, -0.25) is 5.32 Å². The van der Waals surface area contributed by atoms with Gasteiger partial charge in [-0.1, -0.05) is 0 Å². The van der Waals surface area contributed by atoms with E-state index in [9.17, 15) is 5.26 Å². The Morgan fingerprint density at radius 3 is 2.65 bits per heavy atom. The Hall–Kier alpha value is -0.630. The van der Waals surface area contributed by atoms with Crippen LogP contribution in [0.1, 0.15) is 53.4 Å². The minimum absolute atomic E-state index is 0.288. The first kappa shape index (κ1) is 17.4. The van der Waals surface area contributed by atoms with Crippen LogP contribution in [0.15, 0.2) is 0 Å². The molecule has 1 saturated carbocycles. The van der Waals surface area contributed by atoms with Crippen LogP contribution in [0.3, 0.4) is 0 Å². The monoisotopic (exact) mass is 281 g/mol. The summed E-state index contributed by atoms with van der Waals surface area (Å²) in [6, 6.07) is 3.37. The lowest BCUT2D eigenvalue weighted by Crippen LogP contribution is -2.54. The molecule has 0 heterocycles. The van der Waals surface area contributed by atoms with Crippen molar-refractivity contribution in [3.63, 3.8) is 0 Å². The van der Waals surface area contributed by atoms with Crippen molar-refractivity contribution < 1.29 is 4.74 Å². The molecular weight excluding hydrogens is 250 g/mol. The van der Waals surface area contributed by atoms with E-state index in [0.717, 1.165) is 32.4 Å². The molecule has 0 amide bonds. The number of nitriles is 1. The minimum atomic E-state index is -0.343. The van der Waals surface area contributed by atoms with Crippen molar-refractivity contribution in [3.8, 4) is 6.07 Å². The molecule has 0 saturated heterocycles. The summed E-state index contributed by atoms with van der Waals surface area (Å²) >= 11 is 0. The lowest BCUT2D eigenvalue weighted by atomic mass is 9.79. The average Bonchev–Trinajstić information content (AvgIpc) is 2.37. The molecule has 0 aromatic carbocycles. The summed E-state index contributed by atoms with van der Waals surface area (Å²) in [4.78, 5) is 2.36. The average molecular weight is 281 g/mol. The SMILES string of the molecule is CC(C)NC1(C#N)CCCC(N(C)CCOC(C)C)C1. The molecule has 1 aliphatic carbocycles. The zero-order valence-electron chi connectivity index (χ0n) is 13.8. The lowest BCUT2D eigenvalue weighted by Gasteiger charge is -2.41. The first-order chi connectivity index (χ1) is 9.38. The summed E-state index contributed by atoms with van der Waals surface area (Å²) in [5.41, 5.74) is -0.343. The van der Waals surface area contributed by atoms with Crippen molar-refractivity contribution in [1.82, 2.24) is 10.2 Å². The second-order valence-electron chi connectivity index (χ2n) is 6.64. The van der Waals surface area contributed by atoms with E-state index >= 15 is 0 Å². The van der Waals surface area contributed by atoms with Gasteiger partial charge in [0, 0.05) is 18.6 Å². The Morgan fingerprint density at radius 2 is 2.10 bits per heavy atom. The number of hydrogen-bond donors (Lipinski definition) is 1. The van der Waals surface area contributed by atoms with E-state index in [2.05, 4.69) is 51.0 Å². The summed E-state index contributed by atoms with van der Waals surface area (Å²) in [7, 11) is 2.15. The van der Waals surface area contributed by atoms with E-state index in [1.807, 2.05) is 0 Å². The van der Waals surface area contributed by atoms with E-state index in [1.165, 1.54) is 6.42 Å². The highest BCUT2D eigenvalue weighted by molar-refractivity contribution is 5.11. The molecule has 1 aliphatic rings. The Kier molecular flexibility index (Phi) is 6.94. The number of ether oxygens (including phenoxy) is 1. The maximum atomic E-state index is 9.58. The number of nitrogens with zero attached hydrogens (tertiary/aromatic N) is 2. The molecule has 1 N–H and O–H groups in total. The highest BCUT2D eigenvalue weighted by atomic mass is 16.5. The van der Waals surface area contributed by atoms with Gasteiger partial charge in [-0.05, 0) is 60.4 Å². The molecule has 0 aliphatic heterocycles. The van der Waals surface area contributed by atoms with Gasteiger partial charge in [0.1, 0.15) is 5.54 Å². The molecule has 0 aromatic heterocycles. The maximum absolute atomic E-state index is 9.58. The molecule has 2 unspecified atom stereocenters. The second-order valence-corrected chi connectivity index (χ2v) is 6.64. The van der Waals surface area contributed by atoms with Crippen molar-refractivity contribution in [3.05, 3.63) is 0 Å². The van der Waals surface area contributed by atoms with Crippen LogP contribution in [0.2, 0.25) is 0 Å². The van der Waals surface area contributed by atoms with Gasteiger partial charge in [0.15, 0.2) is 0 Å². The number of hydrogen-bond acceptors (Lipinski definition) is 4. The van der Waals surface area contributed by atoms with Crippen molar-refractivity contribution >= 4 is 0 Å². The fourth-order valence-corrected chi connectivity index (χ4v) is 3.05. The van der Waals surface area contributed by atoms with Crippen molar-refractivity contribution in [1.29, 1.82) is 5.26 Å². The summed E-state index contributed by atoms with van der Waals surface area (Å²) in [5.74, 6) is 0. The fraction of sp³-hybridized carbons (Fsp3) is 0.938. The van der Waals surface area contributed by atoms with E-state index < -0.39 is 0 Å². The van der Waals surface area contributed by atoms with Gasteiger partial charge < -0.3 is 9.64 Å². The van der Waals surface area contributed by atoms with Gasteiger partial charge in [-0.25, -0.2) is 0 Å². The third-order valence-electron chi connectivity index (χ3n) is 4.02. The van der Waals surface area contributed by atoms with Crippen LogP contribution < -0.4 is 5.32 Å². The molecule has 0 bridgehead atoms. The molecule has 4 heteroatoms. The number of nitrogens with one attached hydrogen (secondary N) is 1. The second kappa shape index (κ2) is 7.97. The van der Waals surface area contributed by atoms with Crippen LogP contribution in [-0.4, -0.2) is 48.8 Å². The van der Waals surface area contributed by atoms with E-state index in [1.54, 1.807) is 0 Å². The summed E-state index contributed by atoms with van der Waals surface area (Å²) < 4.78 is 5.62. The van der Waals surface area contributed by atoms with E-state index in [-0.39, 0.29) is 11.6 Å². The zero-order valence-corrected chi connectivity index (χ0v) is 13.8. The smallest absolute Gasteiger partial charge is 0.108 e. The largest absolute Gasteiger partial charge is 0.377 e. The van der Waals surface area contributed by atoms with Gasteiger partial charge >= 0.3 is 0 Å². The summed E-state index contributed by atoms with van der Waals surface area (Å²) in [5, 5.41) is 13.1. The van der Waals surface area contributed by atoms with E-state index in [4.69, 9.17) is 4.74 Å². The molecule has 1 fully saturated rings. The Balaban J connectivity index is 2.52. The molecule has 0 aromatic rings. The molecule has 0 spiro atoms. The molecule has 0 radical (unpaired) electrons. The maximum Gasteiger partial charge on any atom is 0.108 e. The van der Waals surface area contributed by atoms with Crippen LogP contribution in [0.4, 0.5) is 0 Å². The van der Waals surface area contributed by atoms with Gasteiger partial charge in [0.05, 0.1) is 18.8 Å². The van der Waals surface area contributed by atoms with Gasteiger partial charge in [-0.2, -0.15) is 5.26 Å². The highest BCUT2D eigenvalue weighted by Crippen LogP contribution is 2.30. The molecule has 4 nitrogen and oxygen atoms in total. The molecule has 2 atom stereocenters. The topological polar surface area (TPSA) is 48.3 Å². The van der Waals surface area contributed by atoms with Crippen LogP contribution in [0.25, 0.3) is 0 Å². The van der Waals surface area contributed by atoms with Crippen LogP contribution in [0, 0.1) is 11.3 Å². The third kappa shape index (κ3) is 5.40. The van der Waals surface area contributed by atoms with Crippen molar-refractivity contribution in [2.24, 2.45) is 0 Å². The number of likely N-dealkylation sites (N-methyl/N-ethyl adjacent to an activating group) is 1. The van der Waals surface area contributed by atoms with Gasteiger partial charge in [0.25, 0.3) is 0 Å². The normalized spacial score (nSPS) is 27.2. The van der Waals surface area contributed by atoms with E-state index in [0.29, 0.717) is 12.1 Å². The molecule has 20 heavy (non-hydrogen) atoms. The first-order valence-electron chi connectivity index (χ1n) is 7.89. The standard InChI is InChI=1S/C16H31N3O/c1-13(2)18-16(12-17)8-6-7-15(11-16)19(5)9-10-20-14(3)4/h13-15,18H,6-11H2,1-5H3. The fourth-order valence-electron chi connectivity index (χ4n) is 3.05. The molecule has 116 valence electrons. The van der Waals surface area contributed by atoms with Gasteiger partial charge in [-0.15, -0.1) is 0 Å². The van der Waals surface area contributed by atoms with Crippen LogP contribution in [0.5, 0.6) is 0 Å². The number of rotatable bonds is 7. The van der Waals surface area contributed by atoms with Crippen molar-refractivity contribution in [2.45, 2.75) is 77.1 Å². The Labute approximate surface area is 124 Å². The van der Waals surface area contributed by atoms with Gasteiger partial charge in [0.2, 0.25) is 0 Å². The predicted octanol–water partition coefficient (Wildman–Crippen LogP) is 2.55. The predicted molar refractivity (Wildman–Crippen MR) is 82.6 cm³/mol. The summed E-state index contributed by atoms with van der Waals surface area (Å²) in [6.45, 7) is 10.1. The lowest BCUT2D eigenvalue weighted by molar-refractivity contribution is 0.0461. The zero-order chi connectivity index (χ0) is 15.2. The Morgan fingerprint density at radius 1 is 1.40 bits per heavy atom. The quantitative estimate of drug-likeness (QED) is 0.779. The highest BCUT2D eigenvalue weighted by Gasteiger charge is 2.38.